The van der Waals surface area contributed by atoms with Crippen molar-refractivity contribution in [2.45, 2.75) is 44.8 Å². The van der Waals surface area contributed by atoms with Crippen molar-refractivity contribution in [3.8, 4) is 0 Å². The second kappa shape index (κ2) is 7.59. The summed E-state index contributed by atoms with van der Waals surface area (Å²) in [5, 5.41) is 10.7. The lowest BCUT2D eigenvalue weighted by Crippen LogP contribution is -2.29. The molecule has 0 saturated heterocycles. The van der Waals surface area contributed by atoms with Gasteiger partial charge >= 0.3 is 0 Å². The second-order valence-electron chi connectivity index (χ2n) is 6.76. The second-order valence-corrected chi connectivity index (χ2v) is 6.76. The van der Waals surface area contributed by atoms with Gasteiger partial charge in [0.25, 0.3) is 0 Å². The summed E-state index contributed by atoms with van der Waals surface area (Å²) in [5.74, 6) is 1.40. The average Bonchev–Trinajstić information content (AvgIpc) is 3.08. The Morgan fingerprint density at radius 1 is 1.29 bits per heavy atom. The third-order valence-corrected chi connectivity index (χ3v) is 4.62. The normalized spacial score (nSPS) is 23.8. The van der Waals surface area contributed by atoms with E-state index in [-0.39, 0.29) is 0 Å². The van der Waals surface area contributed by atoms with E-state index >= 15 is 0 Å². The third kappa shape index (κ3) is 4.91. The SMILES string of the molecule is CC1(F)CCC(CNc2ccc(NCCn3cncn3)cn2)CC1. The molecule has 24 heavy (non-hydrogen) atoms. The Labute approximate surface area is 141 Å². The molecule has 0 spiro atoms. The number of halogens is 1. The van der Waals surface area contributed by atoms with Crippen LogP contribution < -0.4 is 10.6 Å². The summed E-state index contributed by atoms with van der Waals surface area (Å²) in [6.07, 6.45) is 8.28. The van der Waals surface area contributed by atoms with Crippen LogP contribution in [-0.2, 0) is 6.54 Å². The van der Waals surface area contributed by atoms with Gasteiger partial charge in [-0.05, 0) is 50.7 Å². The molecule has 0 unspecified atom stereocenters. The molecule has 0 aromatic carbocycles. The van der Waals surface area contributed by atoms with E-state index in [1.165, 1.54) is 6.33 Å². The van der Waals surface area contributed by atoms with Gasteiger partial charge in [0.15, 0.2) is 0 Å². The van der Waals surface area contributed by atoms with Crippen LogP contribution >= 0.6 is 0 Å². The number of nitrogens with zero attached hydrogens (tertiary/aromatic N) is 4. The molecule has 0 radical (unpaired) electrons. The summed E-state index contributed by atoms with van der Waals surface area (Å²) >= 11 is 0. The van der Waals surface area contributed by atoms with E-state index in [1.54, 1.807) is 17.9 Å². The zero-order valence-electron chi connectivity index (χ0n) is 14.1. The lowest BCUT2D eigenvalue weighted by Gasteiger charge is -2.31. The highest BCUT2D eigenvalue weighted by molar-refractivity contribution is 5.47. The highest BCUT2D eigenvalue weighted by atomic mass is 19.1. The molecule has 1 fully saturated rings. The number of anilines is 2. The van der Waals surface area contributed by atoms with Gasteiger partial charge in [-0.3, -0.25) is 4.68 Å². The van der Waals surface area contributed by atoms with Crippen LogP contribution in [-0.4, -0.2) is 38.5 Å². The molecule has 0 aliphatic heterocycles. The zero-order chi connectivity index (χ0) is 16.8. The monoisotopic (exact) mass is 332 g/mol. The summed E-state index contributed by atoms with van der Waals surface area (Å²) < 4.78 is 15.6. The molecule has 3 rings (SSSR count). The molecule has 2 N–H and O–H groups in total. The quantitative estimate of drug-likeness (QED) is 0.815. The van der Waals surface area contributed by atoms with Crippen LogP contribution in [0.2, 0.25) is 0 Å². The number of aromatic nitrogens is 4. The number of hydrogen-bond donors (Lipinski definition) is 2. The largest absolute Gasteiger partial charge is 0.382 e. The molecular weight excluding hydrogens is 307 g/mol. The number of rotatable bonds is 7. The Balaban J connectivity index is 1.38. The number of pyridine rings is 1. The van der Waals surface area contributed by atoms with E-state index in [1.807, 2.05) is 18.3 Å². The average molecular weight is 332 g/mol. The maximum atomic E-state index is 13.8. The summed E-state index contributed by atoms with van der Waals surface area (Å²) in [7, 11) is 0. The van der Waals surface area contributed by atoms with Crippen molar-refractivity contribution in [2.75, 3.05) is 23.7 Å². The minimum Gasteiger partial charge on any atom is -0.382 e. The van der Waals surface area contributed by atoms with Crippen molar-refractivity contribution in [2.24, 2.45) is 5.92 Å². The number of alkyl halides is 1. The van der Waals surface area contributed by atoms with Gasteiger partial charge in [-0.15, -0.1) is 0 Å². The topological polar surface area (TPSA) is 67.7 Å². The molecule has 1 saturated carbocycles. The molecule has 0 atom stereocenters. The van der Waals surface area contributed by atoms with Gasteiger partial charge in [-0.2, -0.15) is 5.10 Å². The van der Waals surface area contributed by atoms with Crippen LogP contribution in [0.3, 0.4) is 0 Å². The smallest absolute Gasteiger partial charge is 0.137 e. The van der Waals surface area contributed by atoms with Gasteiger partial charge in [0.05, 0.1) is 18.4 Å². The van der Waals surface area contributed by atoms with E-state index in [0.29, 0.717) is 18.8 Å². The Morgan fingerprint density at radius 3 is 2.79 bits per heavy atom. The van der Waals surface area contributed by atoms with E-state index in [4.69, 9.17) is 0 Å². The fourth-order valence-electron chi connectivity index (χ4n) is 3.00. The van der Waals surface area contributed by atoms with Gasteiger partial charge in [-0.25, -0.2) is 14.4 Å². The van der Waals surface area contributed by atoms with Gasteiger partial charge in [0, 0.05) is 13.1 Å². The molecule has 1 aliphatic carbocycles. The summed E-state index contributed by atoms with van der Waals surface area (Å²) in [6.45, 7) is 4.10. The lowest BCUT2D eigenvalue weighted by atomic mass is 9.81. The molecule has 1 aliphatic rings. The van der Waals surface area contributed by atoms with Gasteiger partial charge in [0.2, 0.25) is 0 Å². The van der Waals surface area contributed by atoms with Crippen molar-refractivity contribution in [3.05, 3.63) is 31.0 Å². The van der Waals surface area contributed by atoms with Crippen LogP contribution in [0, 0.1) is 5.92 Å². The fourth-order valence-corrected chi connectivity index (χ4v) is 3.00. The van der Waals surface area contributed by atoms with Gasteiger partial charge in [-0.1, -0.05) is 0 Å². The predicted octanol–water partition coefficient (Wildman–Crippen LogP) is 3.12. The van der Waals surface area contributed by atoms with Crippen LogP contribution in [0.15, 0.2) is 31.0 Å². The maximum absolute atomic E-state index is 13.8. The predicted molar refractivity (Wildman–Crippen MR) is 92.7 cm³/mol. The van der Waals surface area contributed by atoms with Gasteiger partial charge in [0.1, 0.15) is 24.1 Å². The van der Waals surface area contributed by atoms with E-state index in [2.05, 4.69) is 25.7 Å². The van der Waals surface area contributed by atoms with Crippen molar-refractivity contribution >= 4 is 11.5 Å². The lowest BCUT2D eigenvalue weighted by molar-refractivity contribution is 0.106. The van der Waals surface area contributed by atoms with E-state index in [9.17, 15) is 4.39 Å². The van der Waals surface area contributed by atoms with Crippen LogP contribution in [0.25, 0.3) is 0 Å². The van der Waals surface area contributed by atoms with Crippen molar-refractivity contribution in [3.63, 3.8) is 0 Å². The molecule has 6 nitrogen and oxygen atoms in total. The molecule has 7 heteroatoms. The Bertz CT molecular complexity index is 601. The van der Waals surface area contributed by atoms with Gasteiger partial charge < -0.3 is 10.6 Å². The number of nitrogens with one attached hydrogen (secondary N) is 2. The number of hydrogen-bond acceptors (Lipinski definition) is 5. The molecular formula is C17H25FN6. The van der Waals surface area contributed by atoms with E-state index in [0.717, 1.165) is 44.0 Å². The van der Waals surface area contributed by atoms with Crippen molar-refractivity contribution < 1.29 is 4.39 Å². The minimum absolute atomic E-state index is 0.538. The van der Waals surface area contributed by atoms with Crippen molar-refractivity contribution in [1.29, 1.82) is 0 Å². The Morgan fingerprint density at radius 2 is 2.12 bits per heavy atom. The third-order valence-electron chi connectivity index (χ3n) is 4.62. The molecule has 0 amide bonds. The highest BCUT2D eigenvalue weighted by Crippen LogP contribution is 2.34. The summed E-state index contributed by atoms with van der Waals surface area (Å²) in [6, 6.07) is 3.98. The standard InChI is InChI=1S/C17H25FN6/c1-17(18)6-4-14(5-7-17)10-21-16-3-2-15(11-22-16)20-8-9-24-13-19-12-23-24/h2-3,11-14,20H,4-10H2,1H3,(H,21,22). The van der Waals surface area contributed by atoms with E-state index < -0.39 is 5.67 Å². The first-order chi connectivity index (χ1) is 11.6. The molecule has 2 aromatic heterocycles. The molecule has 2 aromatic rings. The Kier molecular flexibility index (Phi) is 5.27. The van der Waals surface area contributed by atoms with Crippen LogP contribution in [0.5, 0.6) is 0 Å². The first-order valence-electron chi connectivity index (χ1n) is 8.56. The first-order valence-corrected chi connectivity index (χ1v) is 8.56. The minimum atomic E-state index is -0.964. The zero-order valence-corrected chi connectivity index (χ0v) is 14.1. The molecule has 2 heterocycles. The summed E-state index contributed by atoms with van der Waals surface area (Å²) in [5.41, 5.74) is 0.0143. The first kappa shape index (κ1) is 16.7. The van der Waals surface area contributed by atoms with Crippen LogP contribution in [0.4, 0.5) is 15.9 Å². The molecule has 130 valence electrons. The highest BCUT2D eigenvalue weighted by Gasteiger charge is 2.30. The van der Waals surface area contributed by atoms with Crippen molar-refractivity contribution in [1.82, 2.24) is 19.7 Å². The summed E-state index contributed by atoms with van der Waals surface area (Å²) in [4.78, 5) is 8.33. The fraction of sp³-hybridized carbons (Fsp3) is 0.588. The molecule has 0 bridgehead atoms. The maximum Gasteiger partial charge on any atom is 0.137 e. The van der Waals surface area contributed by atoms with Crippen LogP contribution in [0.1, 0.15) is 32.6 Å². The Hall–Kier alpha value is -2.18.